The maximum atomic E-state index is 11.0. The summed E-state index contributed by atoms with van der Waals surface area (Å²) in [5.74, 6) is 1.67. The normalized spacial score (nSPS) is 42.7. The van der Waals surface area contributed by atoms with E-state index in [4.69, 9.17) is 4.74 Å². The van der Waals surface area contributed by atoms with Crippen LogP contribution in [0.2, 0.25) is 0 Å². The first-order valence-electron chi connectivity index (χ1n) is 3.90. The zero-order valence-electron chi connectivity index (χ0n) is 6.17. The molecule has 0 saturated heterocycles. The van der Waals surface area contributed by atoms with Gasteiger partial charge in [0, 0.05) is 0 Å². The van der Waals surface area contributed by atoms with Crippen molar-refractivity contribution in [2.45, 2.75) is 19.3 Å². The van der Waals surface area contributed by atoms with Gasteiger partial charge in [0.2, 0.25) is 0 Å². The number of methoxy groups -OCH3 is 1. The van der Waals surface area contributed by atoms with E-state index in [-0.39, 0.29) is 11.9 Å². The highest BCUT2D eigenvalue weighted by Gasteiger charge is 2.51. The number of carbonyl (C=O) groups excluding carboxylic acids is 1. The average Bonchev–Trinajstić information content (AvgIpc) is 2.44. The minimum atomic E-state index is 0.0266. The van der Waals surface area contributed by atoms with Crippen LogP contribution in [0.5, 0.6) is 0 Å². The SMILES string of the molecule is COC(=O)C1[C@@H]2CC[C@H]1C2. The van der Waals surface area contributed by atoms with Crippen LogP contribution in [0.4, 0.5) is 0 Å². The summed E-state index contributed by atoms with van der Waals surface area (Å²) in [6.45, 7) is 0. The quantitative estimate of drug-likeness (QED) is 0.512. The van der Waals surface area contributed by atoms with Gasteiger partial charge in [-0.2, -0.15) is 0 Å². The van der Waals surface area contributed by atoms with Gasteiger partial charge in [-0.15, -0.1) is 0 Å². The molecule has 2 bridgehead atoms. The molecule has 0 amide bonds. The highest BCUT2D eigenvalue weighted by Crippen LogP contribution is 2.53. The van der Waals surface area contributed by atoms with Crippen molar-refractivity contribution in [1.29, 1.82) is 0 Å². The zero-order valence-corrected chi connectivity index (χ0v) is 6.17. The van der Waals surface area contributed by atoms with Gasteiger partial charge in [0.15, 0.2) is 0 Å². The molecular weight excluding hydrogens is 128 g/mol. The Morgan fingerprint density at radius 2 is 2.00 bits per heavy atom. The topological polar surface area (TPSA) is 26.3 Å². The summed E-state index contributed by atoms with van der Waals surface area (Å²) < 4.78 is 4.70. The summed E-state index contributed by atoms with van der Waals surface area (Å²) in [4.78, 5) is 11.0. The third-order valence-electron chi connectivity index (χ3n) is 3.00. The van der Waals surface area contributed by atoms with Crippen molar-refractivity contribution < 1.29 is 9.53 Å². The number of hydrogen-bond acceptors (Lipinski definition) is 2. The maximum Gasteiger partial charge on any atom is 0.309 e. The van der Waals surface area contributed by atoms with E-state index < -0.39 is 0 Å². The van der Waals surface area contributed by atoms with Gasteiger partial charge in [-0.25, -0.2) is 0 Å². The summed E-state index contributed by atoms with van der Waals surface area (Å²) >= 11 is 0. The molecule has 0 aromatic heterocycles. The lowest BCUT2D eigenvalue weighted by Crippen LogP contribution is -2.35. The molecule has 3 atom stereocenters. The molecule has 3 aliphatic carbocycles. The van der Waals surface area contributed by atoms with Gasteiger partial charge in [-0.1, -0.05) is 0 Å². The van der Waals surface area contributed by atoms with Gasteiger partial charge in [0.1, 0.15) is 0 Å². The summed E-state index contributed by atoms with van der Waals surface area (Å²) in [6.07, 6.45) is 3.79. The summed E-state index contributed by atoms with van der Waals surface area (Å²) in [5.41, 5.74) is 0. The molecule has 56 valence electrons. The lowest BCUT2D eigenvalue weighted by Gasteiger charge is -2.32. The molecule has 0 radical (unpaired) electrons. The highest BCUT2D eigenvalue weighted by molar-refractivity contribution is 5.74. The van der Waals surface area contributed by atoms with E-state index in [1.165, 1.54) is 26.4 Å². The van der Waals surface area contributed by atoms with Crippen molar-refractivity contribution in [3.05, 3.63) is 0 Å². The van der Waals surface area contributed by atoms with Crippen molar-refractivity contribution in [2.24, 2.45) is 17.8 Å². The fraction of sp³-hybridized carbons (Fsp3) is 0.875. The predicted octanol–water partition coefficient (Wildman–Crippen LogP) is 1.21. The van der Waals surface area contributed by atoms with Crippen molar-refractivity contribution in [3.8, 4) is 0 Å². The average molecular weight is 140 g/mol. The third kappa shape index (κ3) is 0.619. The van der Waals surface area contributed by atoms with Crippen LogP contribution in [0, 0.1) is 17.8 Å². The van der Waals surface area contributed by atoms with Crippen molar-refractivity contribution in [2.75, 3.05) is 7.11 Å². The Labute approximate surface area is 60.6 Å². The van der Waals surface area contributed by atoms with E-state index in [9.17, 15) is 4.79 Å². The molecule has 3 aliphatic rings. The Morgan fingerprint density at radius 1 is 1.40 bits per heavy atom. The third-order valence-corrected chi connectivity index (χ3v) is 3.00. The van der Waals surface area contributed by atoms with Gasteiger partial charge < -0.3 is 4.74 Å². The van der Waals surface area contributed by atoms with E-state index >= 15 is 0 Å². The van der Waals surface area contributed by atoms with Crippen LogP contribution in [0.15, 0.2) is 0 Å². The van der Waals surface area contributed by atoms with Crippen LogP contribution in [-0.2, 0) is 9.53 Å². The van der Waals surface area contributed by atoms with Gasteiger partial charge in [0.05, 0.1) is 13.0 Å². The first kappa shape index (κ1) is 6.20. The molecule has 3 rings (SSSR count). The summed E-state index contributed by atoms with van der Waals surface area (Å²) in [6, 6.07) is 0. The lowest BCUT2D eigenvalue weighted by atomic mass is 9.72. The number of ether oxygens (including phenoxy) is 1. The van der Waals surface area contributed by atoms with E-state index in [1.807, 2.05) is 0 Å². The van der Waals surface area contributed by atoms with Crippen LogP contribution in [0.3, 0.4) is 0 Å². The minimum Gasteiger partial charge on any atom is -0.469 e. The first-order valence-corrected chi connectivity index (χ1v) is 3.90. The molecule has 3 fully saturated rings. The van der Waals surface area contributed by atoms with E-state index in [0.717, 1.165) is 0 Å². The monoisotopic (exact) mass is 140 g/mol. The first-order chi connectivity index (χ1) is 4.83. The Balaban J connectivity index is 2.02. The Bertz CT molecular complexity index is 151. The Hall–Kier alpha value is -0.530. The van der Waals surface area contributed by atoms with Crippen LogP contribution in [0.25, 0.3) is 0 Å². The number of hydrogen-bond donors (Lipinski definition) is 0. The van der Waals surface area contributed by atoms with Crippen molar-refractivity contribution >= 4 is 5.97 Å². The van der Waals surface area contributed by atoms with Gasteiger partial charge in [-0.05, 0) is 31.1 Å². The van der Waals surface area contributed by atoms with E-state index in [1.54, 1.807) is 0 Å². The number of rotatable bonds is 1. The second-order valence-electron chi connectivity index (χ2n) is 3.38. The molecule has 1 unspecified atom stereocenters. The molecule has 0 N–H and O–H groups in total. The van der Waals surface area contributed by atoms with Crippen molar-refractivity contribution in [1.82, 2.24) is 0 Å². The largest absolute Gasteiger partial charge is 0.469 e. The molecule has 0 aromatic carbocycles. The molecule has 3 saturated carbocycles. The van der Waals surface area contributed by atoms with E-state index in [2.05, 4.69) is 0 Å². The molecule has 0 aliphatic heterocycles. The smallest absolute Gasteiger partial charge is 0.309 e. The van der Waals surface area contributed by atoms with Crippen LogP contribution in [-0.4, -0.2) is 13.1 Å². The van der Waals surface area contributed by atoms with Crippen LogP contribution >= 0.6 is 0 Å². The second-order valence-corrected chi connectivity index (χ2v) is 3.38. The van der Waals surface area contributed by atoms with E-state index in [0.29, 0.717) is 11.8 Å². The molecule has 0 aromatic rings. The highest BCUT2D eigenvalue weighted by atomic mass is 16.5. The fourth-order valence-electron chi connectivity index (χ4n) is 2.42. The fourth-order valence-corrected chi connectivity index (χ4v) is 2.42. The number of fused-ring (bicyclic) bond motifs is 1. The molecule has 0 spiro atoms. The summed E-state index contributed by atoms with van der Waals surface area (Å²) in [5, 5.41) is 0. The lowest BCUT2D eigenvalue weighted by molar-refractivity contribution is -0.152. The van der Waals surface area contributed by atoms with Crippen LogP contribution in [0.1, 0.15) is 19.3 Å². The maximum absolute atomic E-state index is 11.0. The molecule has 2 heteroatoms. The van der Waals surface area contributed by atoms with Crippen molar-refractivity contribution in [3.63, 3.8) is 0 Å². The molecule has 10 heavy (non-hydrogen) atoms. The summed E-state index contributed by atoms with van der Waals surface area (Å²) in [7, 11) is 1.49. The van der Waals surface area contributed by atoms with Gasteiger partial charge >= 0.3 is 5.97 Å². The number of esters is 1. The molecular formula is C8H12O2. The van der Waals surface area contributed by atoms with Gasteiger partial charge in [-0.3, -0.25) is 4.79 Å². The zero-order chi connectivity index (χ0) is 7.14. The molecule has 2 nitrogen and oxygen atoms in total. The predicted molar refractivity (Wildman–Crippen MR) is 36.3 cm³/mol. The van der Waals surface area contributed by atoms with Crippen LogP contribution < -0.4 is 0 Å². The Morgan fingerprint density at radius 3 is 2.40 bits per heavy atom. The Kier molecular flexibility index (Phi) is 1.22. The van der Waals surface area contributed by atoms with Gasteiger partial charge in [0.25, 0.3) is 0 Å². The standard InChI is InChI=1S/C8H12O2/c1-10-8(9)7-5-2-3-6(7)4-5/h5-7H,2-4H2,1H3/t5-,6+,7?. The molecule has 0 heterocycles. The number of carbonyl (C=O) groups is 1. The second kappa shape index (κ2) is 1.97. The minimum absolute atomic E-state index is 0.0266.